The van der Waals surface area contributed by atoms with Crippen LogP contribution in [0.2, 0.25) is 0 Å². The van der Waals surface area contributed by atoms with Crippen LogP contribution in [-0.2, 0) is 0 Å². The molecule has 1 aliphatic heterocycles. The molecule has 0 fully saturated rings. The number of nitrogens with zero attached hydrogens (tertiary/aromatic N) is 2. The summed E-state index contributed by atoms with van der Waals surface area (Å²) in [5.41, 5.74) is 2.88. The molecule has 0 saturated heterocycles. The van der Waals surface area contributed by atoms with E-state index in [9.17, 15) is 4.79 Å². The van der Waals surface area contributed by atoms with Crippen LogP contribution in [0.4, 0.5) is 11.4 Å². The third-order valence-corrected chi connectivity index (χ3v) is 5.07. The van der Waals surface area contributed by atoms with E-state index in [-0.39, 0.29) is 12.5 Å². The first-order valence-electron chi connectivity index (χ1n) is 9.67. The molecule has 7 nitrogen and oxygen atoms in total. The van der Waals surface area contributed by atoms with Crippen molar-refractivity contribution >= 4 is 17.3 Å². The highest BCUT2D eigenvalue weighted by Gasteiger charge is 2.34. The molecule has 0 bridgehead atoms. The average Bonchev–Trinajstić information content (AvgIpc) is 2.82. The molecule has 3 aromatic rings. The molecule has 156 valence electrons. The molecule has 0 radical (unpaired) electrons. The fourth-order valence-corrected chi connectivity index (χ4v) is 3.58. The van der Waals surface area contributed by atoms with Crippen LogP contribution in [0.3, 0.4) is 0 Å². The largest absolute Gasteiger partial charge is 0.497 e. The lowest BCUT2D eigenvalue weighted by Crippen LogP contribution is -2.43. The van der Waals surface area contributed by atoms with Crippen LogP contribution < -0.4 is 24.4 Å². The molecule has 4 rings (SSSR count). The van der Waals surface area contributed by atoms with Gasteiger partial charge in [0.15, 0.2) is 18.1 Å². The summed E-state index contributed by atoms with van der Waals surface area (Å²) < 4.78 is 16.1. The number of amides is 1. The molecule has 0 aliphatic carbocycles. The van der Waals surface area contributed by atoms with Crippen LogP contribution in [0.1, 0.15) is 22.1 Å². The quantitative estimate of drug-likeness (QED) is 0.643. The predicted octanol–water partition coefficient (Wildman–Crippen LogP) is 4.38. The van der Waals surface area contributed by atoms with Crippen molar-refractivity contribution in [2.45, 2.75) is 6.17 Å². The predicted molar refractivity (Wildman–Crippen MR) is 117 cm³/mol. The van der Waals surface area contributed by atoms with Crippen molar-refractivity contribution in [2.24, 2.45) is 0 Å². The van der Waals surface area contributed by atoms with Gasteiger partial charge in [0.2, 0.25) is 0 Å². The number of carbonyl (C=O) groups is 1. The Morgan fingerprint density at radius 3 is 2.48 bits per heavy atom. The highest BCUT2D eigenvalue weighted by Crippen LogP contribution is 2.39. The average molecular weight is 415 g/mol. The third kappa shape index (κ3) is 3.83. The number of nitrogens with one attached hydrogen (secondary N) is 1. The molecular formula is C24H21N3O4. The van der Waals surface area contributed by atoms with Gasteiger partial charge in [-0.1, -0.05) is 18.2 Å². The first kappa shape index (κ1) is 20.1. The summed E-state index contributed by atoms with van der Waals surface area (Å²) in [6.45, 7) is -0.0821. The van der Waals surface area contributed by atoms with E-state index in [1.165, 1.54) is 7.11 Å². The Kier molecular flexibility index (Phi) is 5.63. The van der Waals surface area contributed by atoms with E-state index in [1.807, 2.05) is 60.7 Å². The van der Waals surface area contributed by atoms with Gasteiger partial charge < -0.3 is 19.5 Å². The van der Waals surface area contributed by atoms with Gasteiger partial charge in [0, 0.05) is 11.4 Å². The van der Waals surface area contributed by atoms with Crippen LogP contribution in [0, 0.1) is 11.3 Å². The zero-order valence-corrected chi connectivity index (χ0v) is 17.2. The molecule has 31 heavy (non-hydrogen) atoms. The van der Waals surface area contributed by atoms with Crippen LogP contribution in [0.15, 0.2) is 66.7 Å². The smallest absolute Gasteiger partial charge is 0.262 e. The number of anilines is 2. The van der Waals surface area contributed by atoms with Gasteiger partial charge in [-0.2, -0.15) is 5.26 Å². The van der Waals surface area contributed by atoms with Gasteiger partial charge in [-0.15, -0.1) is 0 Å². The second-order valence-corrected chi connectivity index (χ2v) is 6.82. The van der Waals surface area contributed by atoms with E-state index in [0.717, 1.165) is 16.9 Å². The minimum absolute atomic E-state index is 0.0821. The Morgan fingerprint density at radius 1 is 1.00 bits per heavy atom. The first-order valence-corrected chi connectivity index (χ1v) is 9.67. The van der Waals surface area contributed by atoms with Crippen molar-refractivity contribution < 1.29 is 19.0 Å². The standard InChI is InChI=1S/C24H21N3O4/c1-29-18-10-8-17(9-11-18)27-23(26-20-6-4-3-5-19(20)24(27)28)16-7-12-21(31-14-13-25)22(15-16)30-2/h3-12,15,23,26H,14H2,1-2H3/t23-/m1/s1. The molecule has 1 atom stereocenters. The van der Waals surface area contributed by atoms with E-state index in [4.69, 9.17) is 19.5 Å². The summed E-state index contributed by atoms with van der Waals surface area (Å²) in [5, 5.41) is 12.3. The van der Waals surface area contributed by atoms with Crippen molar-refractivity contribution in [1.82, 2.24) is 0 Å². The Balaban J connectivity index is 1.79. The Bertz CT molecular complexity index is 1140. The van der Waals surface area contributed by atoms with Gasteiger partial charge in [0.05, 0.1) is 19.8 Å². The number of nitriles is 1. The fraction of sp³-hybridized carbons (Fsp3) is 0.167. The van der Waals surface area contributed by atoms with Crippen molar-refractivity contribution in [3.8, 4) is 23.3 Å². The molecule has 1 aliphatic rings. The van der Waals surface area contributed by atoms with Gasteiger partial charge in [0.1, 0.15) is 18.0 Å². The van der Waals surface area contributed by atoms with Crippen molar-refractivity contribution in [2.75, 3.05) is 31.0 Å². The Labute approximate surface area is 180 Å². The van der Waals surface area contributed by atoms with Crippen LogP contribution >= 0.6 is 0 Å². The Morgan fingerprint density at radius 2 is 1.77 bits per heavy atom. The first-order chi connectivity index (χ1) is 15.2. The fourth-order valence-electron chi connectivity index (χ4n) is 3.58. The number of fused-ring (bicyclic) bond motifs is 1. The minimum Gasteiger partial charge on any atom is -0.497 e. The normalized spacial score (nSPS) is 14.8. The van der Waals surface area contributed by atoms with E-state index in [0.29, 0.717) is 22.8 Å². The second-order valence-electron chi connectivity index (χ2n) is 6.82. The summed E-state index contributed by atoms with van der Waals surface area (Å²) in [5.74, 6) is 1.54. The zero-order chi connectivity index (χ0) is 21.8. The zero-order valence-electron chi connectivity index (χ0n) is 17.2. The number of ether oxygens (including phenoxy) is 3. The molecule has 7 heteroatoms. The highest BCUT2D eigenvalue weighted by atomic mass is 16.5. The maximum absolute atomic E-state index is 13.5. The van der Waals surface area contributed by atoms with Crippen LogP contribution in [-0.4, -0.2) is 26.7 Å². The number of para-hydroxylation sites is 1. The number of benzene rings is 3. The van der Waals surface area contributed by atoms with Crippen molar-refractivity contribution in [3.63, 3.8) is 0 Å². The third-order valence-electron chi connectivity index (χ3n) is 5.07. The minimum atomic E-state index is -0.477. The van der Waals surface area contributed by atoms with Gasteiger partial charge in [-0.3, -0.25) is 9.69 Å². The van der Waals surface area contributed by atoms with Crippen molar-refractivity contribution in [3.05, 3.63) is 77.9 Å². The molecule has 1 amide bonds. The SMILES string of the molecule is COc1ccc(N2C(=O)c3ccccc3N[C@H]2c2ccc(OCC#N)c(OC)c2)cc1. The maximum atomic E-state index is 13.5. The molecule has 1 N–H and O–H groups in total. The number of carbonyl (C=O) groups excluding carboxylic acids is 1. The molecule has 0 spiro atoms. The highest BCUT2D eigenvalue weighted by molar-refractivity contribution is 6.12. The number of rotatable bonds is 6. The number of methoxy groups -OCH3 is 2. The summed E-state index contributed by atoms with van der Waals surface area (Å²) in [6.07, 6.45) is -0.477. The maximum Gasteiger partial charge on any atom is 0.262 e. The lowest BCUT2D eigenvalue weighted by molar-refractivity contribution is 0.0975. The summed E-state index contributed by atoms with van der Waals surface area (Å²) in [6, 6.07) is 22.1. The molecule has 0 saturated carbocycles. The van der Waals surface area contributed by atoms with E-state index < -0.39 is 6.17 Å². The lowest BCUT2D eigenvalue weighted by Gasteiger charge is -2.38. The monoisotopic (exact) mass is 415 g/mol. The number of hydrogen-bond acceptors (Lipinski definition) is 6. The van der Waals surface area contributed by atoms with Gasteiger partial charge in [0.25, 0.3) is 5.91 Å². The van der Waals surface area contributed by atoms with Crippen LogP contribution in [0.5, 0.6) is 17.2 Å². The lowest BCUT2D eigenvalue weighted by atomic mass is 10.0. The van der Waals surface area contributed by atoms with Crippen LogP contribution in [0.25, 0.3) is 0 Å². The summed E-state index contributed by atoms with van der Waals surface area (Å²) >= 11 is 0. The molecule has 1 heterocycles. The molecular weight excluding hydrogens is 394 g/mol. The van der Waals surface area contributed by atoms with E-state index >= 15 is 0 Å². The molecule has 0 aromatic heterocycles. The summed E-state index contributed by atoms with van der Waals surface area (Å²) in [4.78, 5) is 15.2. The topological polar surface area (TPSA) is 83.8 Å². The van der Waals surface area contributed by atoms with E-state index in [2.05, 4.69) is 5.32 Å². The van der Waals surface area contributed by atoms with Gasteiger partial charge in [-0.25, -0.2) is 0 Å². The number of hydrogen-bond donors (Lipinski definition) is 1. The molecule has 3 aromatic carbocycles. The second kappa shape index (κ2) is 8.67. The molecule has 0 unspecified atom stereocenters. The summed E-state index contributed by atoms with van der Waals surface area (Å²) in [7, 11) is 3.14. The van der Waals surface area contributed by atoms with E-state index in [1.54, 1.807) is 24.1 Å². The van der Waals surface area contributed by atoms with Gasteiger partial charge in [-0.05, 0) is 54.1 Å². The van der Waals surface area contributed by atoms with Gasteiger partial charge >= 0.3 is 0 Å². The van der Waals surface area contributed by atoms with Crippen molar-refractivity contribution in [1.29, 1.82) is 5.26 Å². The Hall–Kier alpha value is -4.18.